The fraction of sp³-hybridized carbons (Fsp3) is 0.308. The maximum Gasteiger partial charge on any atom is 0.331 e. The van der Waals surface area contributed by atoms with E-state index in [0.717, 1.165) is 49.2 Å². The number of aromatic nitrogens is 4. The van der Waals surface area contributed by atoms with Gasteiger partial charge in [0.15, 0.2) is 0 Å². The van der Waals surface area contributed by atoms with Gasteiger partial charge in [0.25, 0.3) is 0 Å². The van der Waals surface area contributed by atoms with Crippen LogP contribution in [0.3, 0.4) is 0 Å². The lowest BCUT2D eigenvalue weighted by molar-refractivity contribution is 0.122. The molecule has 0 atom stereocenters. The number of imidazole rings is 2. The molecule has 6 rings (SSSR count). The number of halogens is 2. The van der Waals surface area contributed by atoms with Gasteiger partial charge in [-0.2, -0.15) is 0 Å². The van der Waals surface area contributed by atoms with Crippen molar-refractivity contribution < 1.29 is 9.47 Å². The molecule has 2 aliphatic heterocycles. The molecule has 2 fully saturated rings. The fourth-order valence-corrected chi connectivity index (χ4v) is 4.53. The van der Waals surface area contributed by atoms with E-state index in [1.165, 1.54) is 0 Å². The second-order valence-electron chi connectivity index (χ2n) is 8.78. The van der Waals surface area contributed by atoms with Crippen molar-refractivity contribution in [2.24, 2.45) is 0 Å². The quantitative estimate of drug-likeness (QED) is 0.398. The Morgan fingerprint density at radius 1 is 0.579 bits per heavy atom. The smallest absolute Gasteiger partial charge is 0.331 e. The van der Waals surface area contributed by atoms with Crippen LogP contribution in [0.5, 0.6) is 0 Å². The molecule has 12 heteroatoms. The average molecular weight is 559 g/mol. The van der Waals surface area contributed by atoms with Crippen molar-refractivity contribution in [1.29, 1.82) is 0 Å². The first kappa shape index (κ1) is 26.2. The highest BCUT2D eigenvalue weighted by Gasteiger charge is 2.16. The molecule has 2 aromatic heterocycles. The van der Waals surface area contributed by atoms with Gasteiger partial charge in [0.2, 0.25) is 0 Å². The first-order chi connectivity index (χ1) is 18.5. The van der Waals surface area contributed by atoms with Crippen molar-refractivity contribution in [3.63, 3.8) is 0 Å². The monoisotopic (exact) mass is 558 g/mol. The summed E-state index contributed by atoms with van der Waals surface area (Å²) < 4.78 is 13.8. The Balaban J connectivity index is 0.000000155. The average Bonchev–Trinajstić information content (AvgIpc) is 3.54. The Kier molecular flexibility index (Phi) is 8.23. The van der Waals surface area contributed by atoms with E-state index in [4.69, 9.17) is 32.7 Å². The van der Waals surface area contributed by atoms with Crippen LogP contribution in [-0.4, -0.2) is 71.7 Å². The van der Waals surface area contributed by atoms with Crippen molar-refractivity contribution in [3.05, 3.63) is 91.9 Å². The highest BCUT2D eigenvalue weighted by atomic mass is 35.5. The Labute approximate surface area is 228 Å². The maximum absolute atomic E-state index is 12.0. The van der Waals surface area contributed by atoms with Crippen LogP contribution >= 0.6 is 23.2 Å². The van der Waals surface area contributed by atoms with Crippen molar-refractivity contribution in [3.8, 4) is 11.4 Å². The largest absolute Gasteiger partial charge is 0.378 e. The summed E-state index contributed by atoms with van der Waals surface area (Å²) >= 11 is 11.7. The third-order valence-electron chi connectivity index (χ3n) is 6.32. The molecule has 0 radical (unpaired) electrons. The zero-order chi connectivity index (χ0) is 26.5. The second kappa shape index (κ2) is 12.0. The number of hydrogen-bond acceptors (Lipinski definition) is 6. The van der Waals surface area contributed by atoms with E-state index in [1.54, 1.807) is 33.4 Å². The maximum atomic E-state index is 12.0. The zero-order valence-electron chi connectivity index (χ0n) is 20.6. The lowest BCUT2D eigenvalue weighted by atomic mass is 10.3. The molecular weight excluding hydrogens is 531 g/mol. The lowest BCUT2D eigenvalue weighted by Gasteiger charge is -2.26. The minimum absolute atomic E-state index is 0.149. The summed E-state index contributed by atoms with van der Waals surface area (Å²) in [5.41, 5.74) is 1.29. The summed E-state index contributed by atoms with van der Waals surface area (Å²) in [7, 11) is 0. The number of anilines is 2. The normalized spacial score (nSPS) is 15.7. The molecule has 2 aliphatic rings. The molecule has 200 valence electrons. The molecule has 0 saturated carbocycles. The van der Waals surface area contributed by atoms with Gasteiger partial charge in [0, 0.05) is 36.2 Å². The molecular formula is C26H28Cl2N6O4. The third-order valence-corrected chi connectivity index (χ3v) is 6.83. The van der Waals surface area contributed by atoms with Gasteiger partial charge in [-0.05, 0) is 48.5 Å². The van der Waals surface area contributed by atoms with E-state index < -0.39 is 0 Å². The number of morpholine rings is 2. The highest BCUT2D eigenvalue weighted by Crippen LogP contribution is 2.17. The van der Waals surface area contributed by atoms with E-state index in [9.17, 15) is 9.59 Å². The Morgan fingerprint density at radius 2 is 0.921 bits per heavy atom. The van der Waals surface area contributed by atoms with Crippen molar-refractivity contribution >= 4 is 34.8 Å². The minimum Gasteiger partial charge on any atom is -0.378 e. The lowest BCUT2D eigenvalue weighted by Crippen LogP contribution is -2.36. The molecule has 2 N–H and O–H groups in total. The van der Waals surface area contributed by atoms with E-state index in [2.05, 4.69) is 19.8 Å². The molecule has 2 aromatic carbocycles. The van der Waals surface area contributed by atoms with Crippen molar-refractivity contribution in [1.82, 2.24) is 19.1 Å². The van der Waals surface area contributed by atoms with Gasteiger partial charge < -0.3 is 19.3 Å². The van der Waals surface area contributed by atoms with E-state index in [0.29, 0.717) is 36.5 Å². The number of H-pyrrole nitrogens is 2. The molecule has 4 aromatic rings. The molecule has 0 unspecified atom stereocenters. The summed E-state index contributed by atoms with van der Waals surface area (Å²) in [6.07, 6.45) is 3.63. The summed E-state index contributed by atoms with van der Waals surface area (Å²) in [5.74, 6) is 1.64. The van der Waals surface area contributed by atoms with Gasteiger partial charge in [-0.3, -0.25) is 19.1 Å². The number of nitrogens with zero attached hydrogens (tertiary/aromatic N) is 4. The first-order valence-corrected chi connectivity index (χ1v) is 13.0. The summed E-state index contributed by atoms with van der Waals surface area (Å²) in [6, 6.07) is 14.4. The standard InChI is InChI=1S/2C13H14ClN3O2/c2*14-10-1-3-11(4-2-10)17-9-12(15-13(17)18)16-5-7-19-8-6-16/h2*1-4,9H,5-8H2,(H,15,18). The third kappa shape index (κ3) is 6.16. The number of nitrogens with one attached hydrogen (secondary N) is 2. The Morgan fingerprint density at radius 3 is 1.26 bits per heavy atom. The summed E-state index contributed by atoms with van der Waals surface area (Å²) in [6.45, 7) is 5.92. The SMILES string of the molecule is O=c1[nH]c(N2CCOCC2)cn1-c1ccc(Cl)cc1.O=c1[nH]c(N2CCOCC2)cn1-c1ccc(Cl)cc1. The van der Waals surface area contributed by atoms with E-state index in [-0.39, 0.29) is 11.4 Å². The van der Waals surface area contributed by atoms with E-state index >= 15 is 0 Å². The molecule has 10 nitrogen and oxygen atoms in total. The van der Waals surface area contributed by atoms with Crippen LogP contribution in [0.4, 0.5) is 11.6 Å². The van der Waals surface area contributed by atoms with Gasteiger partial charge in [-0.1, -0.05) is 23.2 Å². The molecule has 0 amide bonds. The topological polar surface area (TPSA) is 101 Å². The van der Waals surface area contributed by atoms with Crippen LogP contribution in [-0.2, 0) is 9.47 Å². The summed E-state index contributed by atoms with van der Waals surface area (Å²) in [5, 5.41) is 1.31. The molecule has 2 saturated heterocycles. The molecule has 4 heterocycles. The Bertz CT molecular complexity index is 1330. The second-order valence-corrected chi connectivity index (χ2v) is 9.65. The molecule has 0 spiro atoms. The van der Waals surface area contributed by atoms with Crippen LogP contribution in [0.1, 0.15) is 0 Å². The number of rotatable bonds is 4. The predicted molar refractivity (Wildman–Crippen MR) is 149 cm³/mol. The number of ether oxygens (including phenoxy) is 2. The van der Waals surface area contributed by atoms with Gasteiger partial charge >= 0.3 is 11.4 Å². The van der Waals surface area contributed by atoms with Gasteiger partial charge in [0.05, 0.1) is 50.2 Å². The van der Waals surface area contributed by atoms with Crippen LogP contribution in [0, 0.1) is 0 Å². The number of hydrogen-bond donors (Lipinski definition) is 2. The Hall–Kier alpha value is -3.44. The minimum atomic E-state index is -0.149. The van der Waals surface area contributed by atoms with Crippen molar-refractivity contribution in [2.45, 2.75) is 0 Å². The van der Waals surface area contributed by atoms with Crippen LogP contribution in [0.15, 0.2) is 70.5 Å². The first-order valence-electron chi connectivity index (χ1n) is 12.3. The van der Waals surface area contributed by atoms with Crippen LogP contribution in [0.2, 0.25) is 10.0 Å². The number of benzene rings is 2. The fourth-order valence-electron chi connectivity index (χ4n) is 4.28. The van der Waals surface area contributed by atoms with Gasteiger partial charge in [-0.25, -0.2) is 9.59 Å². The molecule has 0 bridgehead atoms. The molecule has 0 aliphatic carbocycles. The van der Waals surface area contributed by atoms with Gasteiger partial charge in [-0.15, -0.1) is 0 Å². The number of aromatic amines is 2. The van der Waals surface area contributed by atoms with Gasteiger partial charge in [0.1, 0.15) is 11.6 Å². The molecule has 38 heavy (non-hydrogen) atoms. The predicted octanol–water partition coefficient (Wildman–Crippen LogP) is 3.31. The van der Waals surface area contributed by atoms with Crippen LogP contribution < -0.4 is 21.2 Å². The summed E-state index contributed by atoms with van der Waals surface area (Å²) in [4.78, 5) is 33.9. The zero-order valence-corrected chi connectivity index (χ0v) is 22.1. The highest BCUT2D eigenvalue weighted by molar-refractivity contribution is 6.30. The van der Waals surface area contributed by atoms with Crippen LogP contribution in [0.25, 0.3) is 11.4 Å². The van der Waals surface area contributed by atoms with Crippen molar-refractivity contribution in [2.75, 3.05) is 62.4 Å². The van der Waals surface area contributed by atoms with E-state index in [1.807, 2.05) is 36.7 Å².